The summed E-state index contributed by atoms with van der Waals surface area (Å²) in [6.45, 7) is 4.83. The molecule has 0 radical (unpaired) electrons. The smallest absolute Gasteiger partial charge is 0.410 e. The molecule has 0 unspecified atom stereocenters. The van der Waals surface area contributed by atoms with Gasteiger partial charge < -0.3 is 19.3 Å². The second-order valence-corrected chi connectivity index (χ2v) is 7.44. The Bertz CT molecular complexity index is 687. The highest BCUT2D eigenvalue weighted by Gasteiger charge is 2.38. The highest BCUT2D eigenvalue weighted by molar-refractivity contribution is 5.69. The van der Waals surface area contributed by atoms with E-state index in [0.29, 0.717) is 5.75 Å². The van der Waals surface area contributed by atoms with E-state index >= 15 is 0 Å². The fraction of sp³-hybridized carbons (Fsp3) is 0.611. The third kappa shape index (κ3) is 5.80. The van der Waals surface area contributed by atoms with Crippen LogP contribution in [0, 0.1) is 10.1 Å². The predicted octanol–water partition coefficient (Wildman–Crippen LogP) is 1.97. The average Bonchev–Trinajstić information content (AvgIpc) is 2.56. The van der Waals surface area contributed by atoms with Crippen molar-refractivity contribution in [2.45, 2.75) is 51.5 Å². The van der Waals surface area contributed by atoms with Gasteiger partial charge in [0.1, 0.15) is 17.5 Å². The highest BCUT2D eigenvalue weighted by atomic mass is 16.7. The van der Waals surface area contributed by atoms with E-state index < -0.39 is 35.3 Å². The standard InChI is InChI=1S/C18H26N2O7/c1-18(2,3)27-17(22)19-9-13-7-14(26-11-25-4)6-5-12(13)8-15(19)16(21)10-20(23)24/h5-7,15-16,21H,8-11H2,1-4H3/t15-,16+/m0/s1. The lowest BCUT2D eigenvalue weighted by Gasteiger charge is -2.39. The largest absolute Gasteiger partial charge is 0.468 e. The van der Waals surface area contributed by atoms with Gasteiger partial charge in [0, 0.05) is 18.6 Å². The molecule has 1 aromatic rings. The van der Waals surface area contributed by atoms with E-state index in [0.717, 1.165) is 11.1 Å². The van der Waals surface area contributed by atoms with E-state index in [2.05, 4.69) is 0 Å². The Morgan fingerprint density at radius 2 is 2.11 bits per heavy atom. The zero-order chi connectivity index (χ0) is 20.2. The van der Waals surface area contributed by atoms with Gasteiger partial charge in [-0.1, -0.05) is 6.07 Å². The first-order valence-electron chi connectivity index (χ1n) is 8.63. The maximum absolute atomic E-state index is 12.7. The van der Waals surface area contributed by atoms with Crippen molar-refractivity contribution < 1.29 is 29.0 Å². The Hall–Kier alpha value is -2.39. The number of aliphatic hydroxyl groups is 1. The molecule has 0 saturated carbocycles. The topological polar surface area (TPSA) is 111 Å². The van der Waals surface area contributed by atoms with E-state index in [4.69, 9.17) is 14.2 Å². The molecule has 27 heavy (non-hydrogen) atoms. The van der Waals surface area contributed by atoms with Crippen molar-refractivity contribution in [1.82, 2.24) is 4.90 Å². The SMILES string of the molecule is COCOc1ccc2c(c1)CN(C(=O)OC(C)(C)C)[C@H]([C@H](O)C[N+](=O)[O-])C2. The first kappa shape index (κ1) is 20.9. The number of carbonyl (C=O) groups is 1. The zero-order valence-electron chi connectivity index (χ0n) is 16.0. The van der Waals surface area contributed by atoms with Crippen molar-refractivity contribution in [3.63, 3.8) is 0 Å². The summed E-state index contributed by atoms with van der Waals surface area (Å²) in [5, 5.41) is 21.2. The van der Waals surface area contributed by atoms with E-state index in [1.807, 2.05) is 6.07 Å². The van der Waals surface area contributed by atoms with Gasteiger partial charge in [0.2, 0.25) is 6.54 Å². The molecule has 9 nitrogen and oxygen atoms in total. The van der Waals surface area contributed by atoms with Crippen molar-refractivity contribution >= 4 is 6.09 Å². The number of ether oxygens (including phenoxy) is 3. The Labute approximate surface area is 158 Å². The second-order valence-electron chi connectivity index (χ2n) is 7.44. The Kier molecular flexibility index (Phi) is 6.61. The molecule has 0 spiro atoms. The van der Waals surface area contributed by atoms with Crippen LogP contribution in [0.15, 0.2) is 18.2 Å². The van der Waals surface area contributed by atoms with Gasteiger partial charge in [-0.15, -0.1) is 0 Å². The maximum Gasteiger partial charge on any atom is 0.410 e. The number of carbonyl (C=O) groups excluding carboxylic acids is 1. The van der Waals surface area contributed by atoms with Crippen molar-refractivity contribution in [2.75, 3.05) is 20.4 Å². The summed E-state index contributed by atoms with van der Waals surface area (Å²) in [7, 11) is 1.52. The number of fused-ring (bicyclic) bond motifs is 1. The lowest BCUT2D eigenvalue weighted by molar-refractivity contribution is -0.491. The van der Waals surface area contributed by atoms with Gasteiger partial charge >= 0.3 is 6.09 Å². The lowest BCUT2D eigenvalue weighted by Crippen LogP contribution is -2.53. The van der Waals surface area contributed by atoms with Gasteiger partial charge in [0.05, 0.1) is 6.04 Å². The van der Waals surface area contributed by atoms with Crippen molar-refractivity contribution in [3.05, 3.63) is 39.4 Å². The monoisotopic (exact) mass is 382 g/mol. The predicted molar refractivity (Wildman–Crippen MR) is 96.1 cm³/mol. The van der Waals surface area contributed by atoms with Crippen LogP contribution < -0.4 is 4.74 Å². The summed E-state index contributed by atoms with van der Waals surface area (Å²) >= 11 is 0. The third-order valence-corrected chi connectivity index (χ3v) is 4.10. The molecule has 1 aliphatic heterocycles. The highest BCUT2D eigenvalue weighted by Crippen LogP contribution is 2.30. The summed E-state index contributed by atoms with van der Waals surface area (Å²) in [5.74, 6) is 0.587. The summed E-state index contributed by atoms with van der Waals surface area (Å²) < 4.78 is 15.7. The van der Waals surface area contributed by atoms with Gasteiger partial charge in [0.15, 0.2) is 6.79 Å². The first-order valence-corrected chi connectivity index (χ1v) is 8.63. The molecule has 2 atom stereocenters. The molecule has 1 amide bonds. The molecule has 1 aliphatic rings. The molecule has 1 heterocycles. The van der Waals surface area contributed by atoms with Crippen LogP contribution in [0.1, 0.15) is 31.9 Å². The summed E-state index contributed by atoms with van der Waals surface area (Å²) in [5.41, 5.74) is 1.00. The molecule has 0 saturated heterocycles. The summed E-state index contributed by atoms with van der Waals surface area (Å²) in [4.78, 5) is 24.2. The Balaban J connectivity index is 2.29. The molecule has 0 aliphatic carbocycles. The molecular formula is C18H26N2O7. The van der Waals surface area contributed by atoms with E-state index in [1.54, 1.807) is 32.9 Å². The normalized spacial score (nSPS) is 17.8. The molecule has 0 fully saturated rings. The van der Waals surface area contributed by atoms with Gasteiger partial charge in [0.25, 0.3) is 0 Å². The van der Waals surface area contributed by atoms with Crippen LogP contribution >= 0.6 is 0 Å². The average molecular weight is 382 g/mol. The minimum Gasteiger partial charge on any atom is -0.468 e. The second kappa shape index (κ2) is 8.53. The molecule has 1 aromatic carbocycles. The van der Waals surface area contributed by atoms with Crippen LogP contribution in [0.5, 0.6) is 5.75 Å². The number of nitrogens with zero attached hydrogens (tertiary/aromatic N) is 2. The Morgan fingerprint density at radius 3 is 2.70 bits per heavy atom. The van der Waals surface area contributed by atoms with Gasteiger partial charge in [-0.2, -0.15) is 0 Å². The number of nitro groups is 1. The minimum absolute atomic E-state index is 0.0960. The number of hydrogen-bond acceptors (Lipinski definition) is 7. The van der Waals surface area contributed by atoms with E-state index in [9.17, 15) is 20.0 Å². The number of methoxy groups -OCH3 is 1. The van der Waals surface area contributed by atoms with Crippen LogP contribution in [-0.2, 0) is 22.4 Å². The van der Waals surface area contributed by atoms with Crippen molar-refractivity contribution in [1.29, 1.82) is 0 Å². The van der Waals surface area contributed by atoms with E-state index in [1.165, 1.54) is 12.0 Å². The zero-order valence-corrected chi connectivity index (χ0v) is 16.0. The lowest BCUT2D eigenvalue weighted by atomic mass is 9.91. The molecule has 9 heteroatoms. The fourth-order valence-corrected chi connectivity index (χ4v) is 2.94. The molecule has 150 valence electrons. The van der Waals surface area contributed by atoms with Crippen LogP contribution in [0.2, 0.25) is 0 Å². The van der Waals surface area contributed by atoms with Crippen LogP contribution in [-0.4, -0.2) is 59.2 Å². The van der Waals surface area contributed by atoms with Gasteiger partial charge in [-0.25, -0.2) is 4.79 Å². The fourth-order valence-electron chi connectivity index (χ4n) is 2.94. The molecular weight excluding hydrogens is 356 g/mol. The maximum atomic E-state index is 12.7. The minimum atomic E-state index is -1.30. The quantitative estimate of drug-likeness (QED) is 0.455. The van der Waals surface area contributed by atoms with E-state index in [-0.39, 0.29) is 19.8 Å². The summed E-state index contributed by atoms with van der Waals surface area (Å²) in [6, 6.07) is 4.64. The number of rotatable bonds is 6. The number of hydrogen-bond donors (Lipinski definition) is 1. The summed E-state index contributed by atoms with van der Waals surface area (Å²) in [6.07, 6.45) is -1.64. The van der Waals surface area contributed by atoms with Crippen molar-refractivity contribution in [3.8, 4) is 5.75 Å². The molecule has 1 N–H and O–H groups in total. The number of benzene rings is 1. The first-order chi connectivity index (χ1) is 12.6. The van der Waals surface area contributed by atoms with Crippen molar-refractivity contribution in [2.24, 2.45) is 0 Å². The molecule has 0 bridgehead atoms. The van der Waals surface area contributed by atoms with Crippen LogP contribution in [0.3, 0.4) is 0 Å². The molecule has 0 aromatic heterocycles. The number of aliphatic hydroxyl groups excluding tert-OH is 1. The van der Waals surface area contributed by atoms with Gasteiger partial charge in [-0.05, 0) is 50.5 Å². The third-order valence-electron chi connectivity index (χ3n) is 4.10. The van der Waals surface area contributed by atoms with Crippen LogP contribution in [0.4, 0.5) is 4.79 Å². The molecule has 2 rings (SSSR count). The Morgan fingerprint density at radius 1 is 1.41 bits per heavy atom. The van der Waals surface area contributed by atoms with Gasteiger partial charge in [-0.3, -0.25) is 15.0 Å². The van der Waals surface area contributed by atoms with Crippen LogP contribution in [0.25, 0.3) is 0 Å². The number of amides is 1.